The van der Waals surface area contributed by atoms with E-state index in [1.165, 1.54) is 12.3 Å². The molecule has 0 spiro atoms. The van der Waals surface area contributed by atoms with E-state index < -0.39 is 17.2 Å². The lowest BCUT2D eigenvalue weighted by molar-refractivity contribution is -0.0655. The number of hydrogen-bond acceptors (Lipinski definition) is 8. The summed E-state index contributed by atoms with van der Waals surface area (Å²) in [7, 11) is 0. The lowest BCUT2D eigenvalue weighted by Crippen LogP contribution is -2.36. The smallest absolute Gasteiger partial charge is 0.404 e. The highest BCUT2D eigenvalue weighted by Crippen LogP contribution is 2.33. The normalized spacial score (nSPS) is 17.2. The van der Waals surface area contributed by atoms with Gasteiger partial charge in [-0.05, 0) is 81.8 Å². The van der Waals surface area contributed by atoms with Crippen molar-refractivity contribution in [2.75, 3.05) is 6.61 Å². The SMILES string of the molecule is CCCCc1nc(C=CN)n(C2CCC(OCC(C)(C)O)CC2)c(=O)c1Cc1ccc(-c2ccccc2-c2noc(=O)[nH]2)c(F)c1. The summed E-state index contributed by atoms with van der Waals surface area (Å²) >= 11 is 0. The van der Waals surface area contributed by atoms with Crippen molar-refractivity contribution in [1.82, 2.24) is 19.7 Å². The Kier molecular flexibility index (Phi) is 10.3. The fourth-order valence-corrected chi connectivity index (χ4v) is 6.07. The van der Waals surface area contributed by atoms with Crippen LogP contribution in [0.4, 0.5) is 4.39 Å². The first-order valence-electron chi connectivity index (χ1n) is 15.9. The second kappa shape index (κ2) is 14.4. The van der Waals surface area contributed by atoms with Crippen LogP contribution in [0.15, 0.2) is 62.8 Å². The topological polar surface area (TPSA) is 149 Å². The number of ether oxygens (including phenoxy) is 1. The second-order valence-electron chi connectivity index (χ2n) is 12.6. The number of aliphatic hydroxyl groups is 1. The van der Waals surface area contributed by atoms with Crippen molar-refractivity contribution >= 4 is 6.08 Å². The zero-order valence-electron chi connectivity index (χ0n) is 26.6. The number of benzene rings is 2. The molecule has 11 heteroatoms. The van der Waals surface area contributed by atoms with Gasteiger partial charge in [-0.3, -0.25) is 18.9 Å². The van der Waals surface area contributed by atoms with Crippen LogP contribution in [0.1, 0.15) is 88.0 Å². The molecular formula is C35H42FN5O5. The fourth-order valence-electron chi connectivity index (χ4n) is 6.07. The summed E-state index contributed by atoms with van der Waals surface area (Å²) in [6.07, 6.45) is 8.66. The van der Waals surface area contributed by atoms with Gasteiger partial charge >= 0.3 is 5.76 Å². The first-order valence-corrected chi connectivity index (χ1v) is 15.9. The monoisotopic (exact) mass is 631 g/mol. The van der Waals surface area contributed by atoms with Crippen LogP contribution in [0.25, 0.3) is 28.6 Å². The van der Waals surface area contributed by atoms with Gasteiger partial charge in [-0.1, -0.05) is 54.9 Å². The van der Waals surface area contributed by atoms with Crippen molar-refractivity contribution in [2.45, 2.75) is 89.9 Å². The van der Waals surface area contributed by atoms with E-state index in [1.54, 1.807) is 54.8 Å². The number of nitrogens with two attached hydrogens (primary N) is 1. The van der Waals surface area contributed by atoms with Crippen molar-refractivity contribution in [2.24, 2.45) is 5.73 Å². The minimum atomic E-state index is -0.904. The number of aromatic amines is 1. The van der Waals surface area contributed by atoms with Gasteiger partial charge in [0, 0.05) is 29.2 Å². The summed E-state index contributed by atoms with van der Waals surface area (Å²) in [6, 6.07) is 11.9. The number of rotatable bonds is 12. The number of hydrogen-bond donors (Lipinski definition) is 3. The van der Waals surface area contributed by atoms with Crippen molar-refractivity contribution < 1.29 is 18.8 Å². The third-order valence-corrected chi connectivity index (χ3v) is 8.34. The standard InChI is InChI=1S/C35H42FN5O5/c1-4-5-10-30-28(33(42)41(31(38-30)17-18-37)23-12-14-24(15-13-23)45-21-35(2,3)44)19-22-11-16-26(29(36)20-22)25-8-6-7-9-27(25)32-39-34(43)46-40-32/h6-9,11,16-18,20,23-24,44H,4-5,10,12-15,19,21,37H2,1-3H3,(H,39,40,43). The molecule has 0 saturated heterocycles. The molecule has 244 valence electrons. The molecule has 4 N–H and O–H groups in total. The summed E-state index contributed by atoms with van der Waals surface area (Å²) in [5, 5.41) is 13.8. The highest BCUT2D eigenvalue weighted by molar-refractivity contribution is 5.80. The van der Waals surface area contributed by atoms with Crippen LogP contribution < -0.4 is 17.0 Å². The van der Waals surface area contributed by atoms with Gasteiger partial charge < -0.3 is 15.6 Å². The largest absolute Gasteiger partial charge is 0.439 e. The molecule has 0 unspecified atom stereocenters. The highest BCUT2D eigenvalue weighted by Gasteiger charge is 2.28. The van der Waals surface area contributed by atoms with Gasteiger partial charge in [0.15, 0.2) is 5.82 Å². The predicted molar refractivity (Wildman–Crippen MR) is 175 cm³/mol. The molecule has 0 aliphatic heterocycles. The van der Waals surface area contributed by atoms with Crippen molar-refractivity contribution in [3.05, 3.63) is 98.0 Å². The maximum absolute atomic E-state index is 15.8. The van der Waals surface area contributed by atoms with Gasteiger partial charge in [0.1, 0.15) is 11.6 Å². The Hall–Kier alpha value is -4.35. The Morgan fingerprint density at radius 1 is 1.13 bits per heavy atom. The quantitative estimate of drug-likeness (QED) is 0.185. The van der Waals surface area contributed by atoms with Gasteiger partial charge in [0.05, 0.1) is 24.0 Å². The van der Waals surface area contributed by atoms with Gasteiger partial charge in [-0.15, -0.1) is 0 Å². The second-order valence-corrected chi connectivity index (χ2v) is 12.6. The number of unbranched alkanes of at least 4 members (excludes halogenated alkanes) is 1. The van der Waals surface area contributed by atoms with Crippen LogP contribution in [-0.4, -0.2) is 43.1 Å². The number of halogens is 1. The highest BCUT2D eigenvalue weighted by atomic mass is 19.1. The minimum absolute atomic E-state index is 0.0132. The van der Waals surface area contributed by atoms with Crippen LogP contribution in [0.2, 0.25) is 0 Å². The van der Waals surface area contributed by atoms with E-state index in [1.807, 2.05) is 6.07 Å². The summed E-state index contributed by atoms with van der Waals surface area (Å²) < 4.78 is 28.1. The van der Waals surface area contributed by atoms with Crippen LogP contribution in [0.3, 0.4) is 0 Å². The van der Waals surface area contributed by atoms with E-state index in [9.17, 15) is 14.7 Å². The maximum Gasteiger partial charge on any atom is 0.439 e. The average molecular weight is 632 g/mol. The van der Waals surface area contributed by atoms with E-state index in [0.717, 1.165) is 38.5 Å². The lowest BCUT2D eigenvalue weighted by Gasteiger charge is -2.32. The third kappa shape index (κ3) is 7.71. The van der Waals surface area contributed by atoms with Crippen molar-refractivity contribution in [3.63, 3.8) is 0 Å². The molecule has 0 radical (unpaired) electrons. The van der Waals surface area contributed by atoms with Gasteiger partial charge in [-0.2, -0.15) is 0 Å². The Balaban J connectivity index is 1.47. The molecule has 46 heavy (non-hydrogen) atoms. The molecule has 1 aliphatic rings. The fraction of sp³-hybridized carbons (Fsp3) is 0.429. The molecule has 1 aliphatic carbocycles. The number of nitrogens with zero attached hydrogens (tertiary/aromatic N) is 3. The van der Waals surface area contributed by atoms with Gasteiger partial charge in [0.2, 0.25) is 0 Å². The van der Waals surface area contributed by atoms with Crippen LogP contribution in [0.5, 0.6) is 0 Å². The van der Waals surface area contributed by atoms with Crippen LogP contribution in [-0.2, 0) is 17.6 Å². The van der Waals surface area contributed by atoms with Gasteiger partial charge in [0.25, 0.3) is 5.56 Å². The molecule has 1 saturated carbocycles. The maximum atomic E-state index is 15.8. The average Bonchev–Trinajstić information content (AvgIpc) is 3.47. The van der Waals surface area contributed by atoms with Crippen LogP contribution >= 0.6 is 0 Å². The molecule has 1 fully saturated rings. The number of aromatic nitrogens is 4. The summed E-state index contributed by atoms with van der Waals surface area (Å²) in [6.45, 7) is 5.77. The van der Waals surface area contributed by atoms with E-state index in [4.69, 9.17) is 15.5 Å². The zero-order chi connectivity index (χ0) is 32.8. The lowest BCUT2D eigenvalue weighted by atomic mass is 9.91. The van der Waals surface area contributed by atoms with E-state index in [-0.39, 0.29) is 36.6 Å². The van der Waals surface area contributed by atoms with Crippen molar-refractivity contribution in [3.8, 4) is 22.5 Å². The molecule has 2 aromatic carbocycles. The summed E-state index contributed by atoms with van der Waals surface area (Å²) in [4.78, 5) is 33.3. The first kappa shape index (κ1) is 33.0. The number of aryl methyl sites for hydroxylation is 1. The Labute approximate surface area is 267 Å². The molecule has 5 rings (SSSR count). The number of nitrogens with one attached hydrogen (secondary N) is 1. The van der Waals surface area contributed by atoms with E-state index in [0.29, 0.717) is 45.8 Å². The molecule has 0 bridgehead atoms. The molecule has 0 amide bonds. The third-order valence-electron chi connectivity index (χ3n) is 8.34. The summed E-state index contributed by atoms with van der Waals surface area (Å²) in [5.74, 6) is -0.432. The molecule has 2 heterocycles. The Morgan fingerprint density at radius 2 is 1.87 bits per heavy atom. The molecule has 0 atom stereocenters. The molecule has 4 aromatic rings. The van der Waals surface area contributed by atoms with E-state index >= 15 is 4.39 Å². The van der Waals surface area contributed by atoms with Crippen LogP contribution in [0, 0.1) is 5.82 Å². The van der Waals surface area contributed by atoms with E-state index in [2.05, 4.69) is 21.6 Å². The number of H-pyrrole nitrogens is 1. The Morgan fingerprint density at radius 3 is 2.50 bits per heavy atom. The minimum Gasteiger partial charge on any atom is -0.404 e. The predicted octanol–water partition coefficient (Wildman–Crippen LogP) is 5.53. The zero-order valence-corrected chi connectivity index (χ0v) is 26.6. The molecule has 10 nitrogen and oxygen atoms in total. The summed E-state index contributed by atoms with van der Waals surface area (Å²) in [5.41, 5.74) is 8.05. The van der Waals surface area contributed by atoms with Gasteiger partial charge in [-0.25, -0.2) is 14.2 Å². The molecular weight excluding hydrogens is 589 g/mol. The molecule has 2 aromatic heterocycles. The first-order chi connectivity index (χ1) is 22.1. The Bertz CT molecular complexity index is 1790. The van der Waals surface area contributed by atoms with Crippen molar-refractivity contribution in [1.29, 1.82) is 0 Å².